The van der Waals surface area contributed by atoms with E-state index in [2.05, 4.69) is 5.32 Å². The second-order valence-electron chi connectivity index (χ2n) is 3.79. The van der Waals surface area contributed by atoms with Crippen LogP contribution < -0.4 is 11.1 Å². The minimum Gasteiger partial charge on any atom is -0.398 e. The highest BCUT2D eigenvalue weighted by molar-refractivity contribution is 6.00. The van der Waals surface area contributed by atoms with E-state index in [1.54, 1.807) is 18.2 Å². The van der Waals surface area contributed by atoms with Crippen molar-refractivity contribution in [1.29, 1.82) is 0 Å². The van der Waals surface area contributed by atoms with Gasteiger partial charge in [0.25, 0.3) is 0 Å². The number of ketones is 1. The monoisotopic (exact) mass is 222 g/mol. The highest BCUT2D eigenvalue weighted by atomic mass is 16.3. The standard InChI is InChI=1S/C12H18N2O2/c1-3-9(7-15)14-10-4-5-12(13)11(6-10)8(2)16/h4-6,9,14-15H,3,7,13H2,1-2H3. The zero-order chi connectivity index (χ0) is 12.1. The first kappa shape index (κ1) is 12.5. The maximum Gasteiger partial charge on any atom is 0.161 e. The van der Waals surface area contributed by atoms with Crippen LogP contribution in [-0.4, -0.2) is 23.5 Å². The molecule has 1 aromatic carbocycles. The minimum atomic E-state index is -0.0572. The van der Waals surface area contributed by atoms with E-state index >= 15 is 0 Å². The van der Waals surface area contributed by atoms with Crippen LogP contribution in [0.15, 0.2) is 18.2 Å². The second-order valence-corrected chi connectivity index (χ2v) is 3.79. The number of aliphatic hydroxyl groups is 1. The Morgan fingerprint density at radius 3 is 2.75 bits per heavy atom. The Balaban J connectivity index is 2.90. The number of nitrogen functional groups attached to an aromatic ring is 1. The third-order valence-electron chi connectivity index (χ3n) is 2.52. The van der Waals surface area contributed by atoms with E-state index in [4.69, 9.17) is 10.8 Å². The molecule has 0 amide bonds. The van der Waals surface area contributed by atoms with Crippen LogP contribution in [0.4, 0.5) is 11.4 Å². The van der Waals surface area contributed by atoms with E-state index in [-0.39, 0.29) is 18.4 Å². The summed E-state index contributed by atoms with van der Waals surface area (Å²) in [7, 11) is 0. The average molecular weight is 222 g/mol. The fraction of sp³-hybridized carbons (Fsp3) is 0.417. The van der Waals surface area contributed by atoms with Gasteiger partial charge in [0.05, 0.1) is 6.61 Å². The lowest BCUT2D eigenvalue weighted by atomic mass is 10.1. The lowest BCUT2D eigenvalue weighted by Gasteiger charge is -2.16. The largest absolute Gasteiger partial charge is 0.398 e. The number of Topliss-reactive ketones (excluding diaryl/α,β-unsaturated/α-hetero) is 1. The Bertz CT molecular complexity index is 373. The van der Waals surface area contributed by atoms with Crippen LogP contribution in [0.1, 0.15) is 30.6 Å². The molecule has 0 heterocycles. The molecular formula is C12H18N2O2. The quantitative estimate of drug-likeness (QED) is 0.523. The SMILES string of the molecule is CCC(CO)Nc1ccc(N)c(C(C)=O)c1. The Morgan fingerprint density at radius 1 is 1.56 bits per heavy atom. The van der Waals surface area contributed by atoms with Gasteiger partial charge in [-0.15, -0.1) is 0 Å². The molecule has 0 aliphatic carbocycles. The van der Waals surface area contributed by atoms with Crippen molar-refractivity contribution in [3.8, 4) is 0 Å². The molecule has 0 saturated heterocycles. The summed E-state index contributed by atoms with van der Waals surface area (Å²) in [5.74, 6) is -0.0572. The van der Waals surface area contributed by atoms with Crippen molar-refractivity contribution >= 4 is 17.2 Å². The fourth-order valence-corrected chi connectivity index (χ4v) is 1.46. The van der Waals surface area contributed by atoms with Crippen LogP contribution in [0.2, 0.25) is 0 Å². The number of nitrogens with two attached hydrogens (primary N) is 1. The van der Waals surface area contributed by atoms with Crippen molar-refractivity contribution in [2.45, 2.75) is 26.3 Å². The molecule has 0 fully saturated rings. The molecule has 16 heavy (non-hydrogen) atoms. The van der Waals surface area contributed by atoms with Gasteiger partial charge in [-0.1, -0.05) is 6.92 Å². The maximum atomic E-state index is 11.3. The highest BCUT2D eigenvalue weighted by Gasteiger charge is 2.08. The van der Waals surface area contributed by atoms with Crippen LogP contribution in [0.3, 0.4) is 0 Å². The van der Waals surface area contributed by atoms with Gasteiger partial charge in [-0.05, 0) is 31.5 Å². The van der Waals surface area contributed by atoms with Crippen LogP contribution >= 0.6 is 0 Å². The van der Waals surface area contributed by atoms with E-state index in [0.717, 1.165) is 12.1 Å². The molecule has 4 N–H and O–H groups in total. The van der Waals surface area contributed by atoms with E-state index in [1.807, 2.05) is 6.92 Å². The molecule has 0 aliphatic heterocycles. The van der Waals surface area contributed by atoms with Crippen LogP contribution in [0.25, 0.3) is 0 Å². The smallest absolute Gasteiger partial charge is 0.161 e. The molecule has 0 aromatic heterocycles. The average Bonchev–Trinajstić information content (AvgIpc) is 2.27. The van der Waals surface area contributed by atoms with Gasteiger partial charge in [0.15, 0.2) is 5.78 Å². The summed E-state index contributed by atoms with van der Waals surface area (Å²) in [5.41, 5.74) is 7.49. The number of nitrogens with one attached hydrogen (secondary N) is 1. The summed E-state index contributed by atoms with van der Waals surface area (Å²) in [5, 5.41) is 12.2. The lowest BCUT2D eigenvalue weighted by molar-refractivity contribution is 0.101. The molecule has 1 rings (SSSR count). The van der Waals surface area contributed by atoms with Gasteiger partial charge < -0.3 is 16.2 Å². The summed E-state index contributed by atoms with van der Waals surface area (Å²) in [6, 6.07) is 5.22. The summed E-state index contributed by atoms with van der Waals surface area (Å²) >= 11 is 0. The predicted molar refractivity (Wildman–Crippen MR) is 65.6 cm³/mol. The molecular weight excluding hydrogens is 204 g/mol. The summed E-state index contributed by atoms with van der Waals surface area (Å²) in [6.07, 6.45) is 0.816. The number of benzene rings is 1. The molecule has 4 nitrogen and oxygen atoms in total. The zero-order valence-corrected chi connectivity index (χ0v) is 9.66. The van der Waals surface area contributed by atoms with Crippen molar-refractivity contribution in [3.05, 3.63) is 23.8 Å². The molecule has 1 unspecified atom stereocenters. The number of anilines is 2. The van der Waals surface area contributed by atoms with Crippen molar-refractivity contribution in [2.24, 2.45) is 0 Å². The van der Waals surface area contributed by atoms with E-state index in [9.17, 15) is 4.79 Å². The van der Waals surface area contributed by atoms with Crippen molar-refractivity contribution in [1.82, 2.24) is 0 Å². The van der Waals surface area contributed by atoms with Gasteiger partial charge in [-0.3, -0.25) is 4.79 Å². The van der Waals surface area contributed by atoms with Gasteiger partial charge in [-0.25, -0.2) is 0 Å². The molecule has 1 atom stereocenters. The van der Waals surface area contributed by atoms with E-state index in [0.29, 0.717) is 11.3 Å². The fourth-order valence-electron chi connectivity index (χ4n) is 1.46. The Labute approximate surface area is 95.5 Å². The van der Waals surface area contributed by atoms with E-state index < -0.39 is 0 Å². The first-order valence-corrected chi connectivity index (χ1v) is 5.36. The number of carbonyl (C=O) groups is 1. The molecule has 0 spiro atoms. The Kier molecular flexibility index (Phi) is 4.31. The van der Waals surface area contributed by atoms with Crippen LogP contribution in [0.5, 0.6) is 0 Å². The normalized spacial score (nSPS) is 12.2. The Morgan fingerprint density at radius 2 is 2.25 bits per heavy atom. The first-order valence-electron chi connectivity index (χ1n) is 5.36. The Hall–Kier alpha value is -1.55. The van der Waals surface area contributed by atoms with Crippen LogP contribution in [0, 0.1) is 0 Å². The molecule has 0 saturated carbocycles. The number of rotatable bonds is 5. The third-order valence-corrected chi connectivity index (χ3v) is 2.52. The number of hydrogen-bond acceptors (Lipinski definition) is 4. The van der Waals surface area contributed by atoms with Gasteiger partial charge in [0, 0.05) is 23.0 Å². The zero-order valence-electron chi connectivity index (χ0n) is 9.66. The summed E-state index contributed by atoms with van der Waals surface area (Å²) < 4.78 is 0. The molecule has 88 valence electrons. The maximum absolute atomic E-state index is 11.3. The number of aliphatic hydroxyl groups excluding tert-OH is 1. The van der Waals surface area contributed by atoms with Crippen LogP contribution in [-0.2, 0) is 0 Å². The van der Waals surface area contributed by atoms with Crippen molar-refractivity contribution in [3.63, 3.8) is 0 Å². The van der Waals surface area contributed by atoms with Gasteiger partial charge in [-0.2, -0.15) is 0 Å². The van der Waals surface area contributed by atoms with Gasteiger partial charge >= 0.3 is 0 Å². The van der Waals surface area contributed by atoms with Gasteiger partial charge in [0.2, 0.25) is 0 Å². The number of carbonyl (C=O) groups excluding carboxylic acids is 1. The summed E-state index contributed by atoms with van der Waals surface area (Å²) in [4.78, 5) is 11.3. The topological polar surface area (TPSA) is 75.3 Å². The lowest BCUT2D eigenvalue weighted by Crippen LogP contribution is -2.22. The van der Waals surface area contributed by atoms with Crippen molar-refractivity contribution < 1.29 is 9.90 Å². The summed E-state index contributed by atoms with van der Waals surface area (Å²) in [6.45, 7) is 3.53. The van der Waals surface area contributed by atoms with Crippen molar-refractivity contribution in [2.75, 3.05) is 17.7 Å². The minimum absolute atomic E-state index is 0.00318. The second kappa shape index (κ2) is 5.51. The van der Waals surface area contributed by atoms with E-state index in [1.165, 1.54) is 6.92 Å². The molecule has 1 aromatic rings. The molecule has 0 radical (unpaired) electrons. The third kappa shape index (κ3) is 2.97. The van der Waals surface area contributed by atoms with Gasteiger partial charge in [0.1, 0.15) is 0 Å². The molecule has 4 heteroatoms. The highest BCUT2D eigenvalue weighted by Crippen LogP contribution is 2.19. The molecule has 0 bridgehead atoms. The predicted octanol–water partition coefficient (Wildman–Crippen LogP) is 1.65. The number of hydrogen-bond donors (Lipinski definition) is 3. The molecule has 0 aliphatic rings. The first-order chi connectivity index (χ1) is 7.58.